The lowest BCUT2D eigenvalue weighted by atomic mass is 10.1. The van der Waals surface area contributed by atoms with Gasteiger partial charge in [-0.1, -0.05) is 40.8 Å². The van der Waals surface area contributed by atoms with E-state index in [2.05, 4.69) is 22.1 Å². The van der Waals surface area contributed by atoms with Crippen molar-refractivity contribution in [2.45, 2.75) is 6.92 Å². The van der Waals surface area contributed by atoms with Crippen molar-refractivity contribution >= 4 is 34.0 Å². The number of nitrogens with zero attached hydrogens (tertiary/aromatic N) is 1. The average molecular weight is 306 g/mol. The predicted octanol–water partition coefficient (Wildman–Crippen LogP) is 2.67. The van der Waals surface area contributed by atoms with Gasteiger partial charge in [-0.3, -0.25) is 10.1 Å². The number of hydrogen-bond donors (Lipinski definition) is 2. The van der Waals surface area contributed by atoms with E-state index in [9.17, 15) is 4.79 Å². The number of benzene rings is 1. The first-order valence-electron chi connectivity index (χ1n) is 5.82. The van der Waals surface area contributed by atoms with Crippen LogP contribution in [0.5, 0.6) is 0 Å². The van der Waals surface area contributed by atoms with Crippen LogP contribution in [0.3, 0.4) is 0 Å². The average Bonchev–Trinajstić information content (AvgIpc) is 2.83. The lowest BCUT2D eigenvalue weighted by Crippen LogP contribution is -2.12. The Bertz CT molecular complexity index is 700. The van der Waals surface area contributed by atoms with Crippen LogP contribution >= 0.6 is 22.9 Å². The van der Waals surface area contributed by atoms with Crippen molar-refractivity contribution in [3.05, 3.63) is 45.4 Å². The van der Waals surface area contributed by atoms with Crippen molar-refractivity contribution < 1.29 is 4.79 Å². The summed E-state index contributed by atoms with van der Waals surface area (Å²) in [6.07, 6.45) is 1.60. The monoisotopic (exact) mass is 305 g/mol. The van der Waals surface area contributed by atoms with Crippen LogP contribution in [0.1, 0.15) is 20.8 Å². The number of aromatic nitrogens is 1. The van der Waals surface area contributed by atoms with Gasteiger partial charge in [-0.2, -0.15) is 0 Å². The minimum Gasteiger partial charge on any atom is -0.320 e. The molecule has 1 amide bonds. The first-order valence-corrected chi connectivity index (χ1v) is 7.02. The van der Waals surface area contributed by atoms with Gasteiger partial charge >= 0.3 is 0 Å². The minimum atomic E-state index is -0.289. The molecule has 0 fully saturated rings. The number of carbonyl (C=O) groups excluding carboxylic acids is 1. The van der Waals surface area contributed by atoms with Gasteiger partial charge in [0.1, 0.15) is 0 Å². The number of anilines is 1. The van der Waals surface area contributed by atoms with E-state index < -0.39 is 0 Å². The highest BCUT2D eigenvalue weighted by molar-refractivity contribution is 7.16. The summed E-state index contributed by atoms with van der Waals surface area (Å²) in [6.45, 7) is 2.20. The Labute approximate surface area is 126 Å². The molecule has 6 heteroatoms. The molecule has 0 aliphatic heterocycles. The van der Waals surface area contributed by atoms with Crippen molar-refractivity contribution in [1.29, 1.82) is 0 Å². The Kier molecular flexibility index (Phi) is 4.74. The number of thiazole rings is 1. The lowest BCUT2D eigenvalue weighted by molar-refractivity contribution is 0.102. The van der Waals surface area contributed by atoms with Gasteiger partial charge in [-0.15, -0.1) is 0 Å². The number of aryl methyl sites for hydroxylation is 1. The number of amides is 1. The molecule has 0 spiro atoms. The molecule has 0 radical (unpaired) electrons. The molecule has 1 aromatic carbocycles. The molecule has 0 atom stereocenters. The predicted molar refractivity (Wildman–Crippen MR) is 82.2 cm³/mol. The molecule has 0 unspecified atom stereocenters. The zero-order chi connectivity index (χ0) is 14.5. The molecule has 2 rings (SSSR count). The number of rotatable bonds is 2. The van der Waals surface area contributed by atoms with Crippen molar-refractivity contribution in [1.82, 2.24) is 4.98 Å². The third kappa shape index (κ3) is 3.58. The third-order valence-electron chi connectivity index (χ3n) is 2.41. The Morgan fingerprint density at radius 2 is 2.35 bits per heavy atom. The first kappa shape index (κ1) is 14.5. The Morgan fingerprint density at radius 3 is 3.05 bits per heavy atom. The Balaban J connectivity index is 2.13. The number of nitrogens with one attached hydrogen (secondary N) is 1. The van der Waals surface area contributed by atoms with Crippen LogP contribution in [0, 0.1) is 18.8 Å². The fourth-order valence-corrected chi connectivity index (χ4v) is 2.50. The molecule has 4 nitrogen and oxygen atoms in total. The maximum Gasteiger partial charge on any atom is 0.258 e. The molecule has 0 bridgehead atoms. The van der Waals surface area contributed by atoms with Crippen LogP contribution in [0.15, 0.2) is 24.4 Å². The molecule has 1 heterocycles. The zero-order valence-corrected chi connectivity index (χ0v) is 12.3. The first-order chi connectivity index (χ1) is 9.60. The largest absolute Gasteiger partial charge is 0.320 e. The van der Waals surface area contributed by atoms with Crippen LogP contribution < -0.4 is 11.1 Å². The van der Waals surface area contributed by atoms with E-state index in [-0.39, 0.29) is 5.91 Å². The quantitative estimate of drug-likeness (QED) is 0.838. The van der Waals surface area contributed by atoms with E-state index >= 15 is 0 Å². The second-order valence-electron chi connectivity index (χ2n) is 3.97. The van der Waals surface area contributed by atoms with Crippen LogP contribution in [0.4, 0.5) is 5.13 Å². The molecule has 20 heavy (non-hydrogen) atoms. The van der Waals surface area contributed by atoms with Gasteiger partial charge in [0.05, 0.1) is 28.2 Å². The van der Waals surface area contributed by atoms with Crippen LogP contribution in [0.2, 0.25) is 5.02 Å². The number of nitrogens with two attached hydrogens (primary N) is 1. The van der Waals surface area contributed by atoms with E-state index in [0.717, 1.165) is 10.4 Å². The maximum atomic E-state index is 12.1. The van der Waals surface area contributed by atoms with Crippen LogP contribution in [-0.4, -0.2) is 17.4 Å². The number of hydrogen-bond acceptors (Lipinski definition) is 4. The zero-order valence-electron chi connectivity index (χ0n) is 10.7. The Morgan fingerprint density at radius 1 is 1.55 bits per heavy atom. The molecule has 0 saturated carbocycles. The van der Waals surface area contributed by atoms with Gasteiger partial charge in [0.2, 0.25) is 0 Å². The van der Waals surface area contributed by atoms with Gasteiger partial charge in [0, 0.05) is 0 Å². The second kappa shape index (κ2) is 6.53. The van der Waals surface area contributed by atoms with E-state index in [1.807, 2.05) is 13.0 Å². The van der Waals surface area contributed by atoms with Crippen LogP contribution in [-0.2, 0) is 0 Å². The summed E-state index contributed by atoms with van der Waals surface area (Å²) in [5, 5.41) is 3.60. The van der Waals surface area contributed by atoms with Gasteiger partial charge in [0.25, 0.3) is 5.91 Å². The maximum absolute atomic E-state index is 12.1. The molecule has 1 aromatic heterocycles. The summed E-state index contributed by atoms with van der Waals surface area (Å²) < 4.78 is 0. The van der Waals surface area contributed by atoms with Crippen molar-refractivity contribution in [2.24, 2.45) is 5.73 Å². The number of carbonyl (C=O) groups is 1. The van der Waals surface area contributed by atoms with Crippen molar-refractivity contribution in [3.8, 4) is 11.8 Å². The summed E-state index contributed by atoms with van der Waals surface area (Å²) in [6, 6.07) is 5.27. The third-order valence-corrected chi connectivity index (χ3v) is 3.55. The highest BCUT2D eigenvalue weighted by Gasteiger charge is 2.12. The summed E-state index contributed by atoms with van der Waals surface area (Å²) in [4.78, 5) is 16.9. The summed E-state index contributed by atoms with van der Waals surface area (Å²) >= 11 is 7.34. The molecular weight excluding hydrogens is 294 g/mol. The van der Waals surface area contributed by atoms with Crippen molar-refractivity contribution in [3.63, 3.8) is 0 Å². The fourth-order valence-electron chi connectivity index (χ4n) is 1.50. The Hall–Kier alpha value is -1.87. The van der Waals surface area contributed by atoms with E-state index in [0.29, 0.717) is 22.3 Å². The summed E-state index contributed by atoms with van der Waals surface area (Å²) in [5.41, 5.74) is 6.71. The van der Waals surface area contributed by atoms with E-state index in [1.54, 1.807) is 18.3 Å². The van der Waals surface area contributed by atoms with Crippen molar-refractivity contribution in [2.75, 3.05) is 11.9 Å². The molecular formula is C14H12ClN3OS. The van der Waals surface area contributed by atoms with E-state index in [1.165, 1.54) is 11.3 Å². The standard InChI is InChI=1S/C14H12ClN3OS/c1-9-4-5-11(12(15)7-9)13(19)18-14-17-8-10(20-14)3-2-6-16/h4-5,7-8H,6,16H2,1H3,(H,17,18,19). The van der Waals surface area contributed by atoms with Gasteiger partial charge in [-0.25, -0.2) is 4.98 Å². The van der Waals surface area contributed by atoms with E-state index in [4.69, 9.17) is 17.3 Å². The molecule has 3 N–H and O–H groups in total. The normalized spacial score (nSPS) is 9.75. The molecule has 102 valence electrons. The molecule has 2 aromatic rings. The van der Waals surface area contributed by atoms with Gasteiger partial charge in [0.15, 0.2) is 5.13 Å². The fraction of sp³-hybridized carbons (Fsp3) is 0.143. The highest BCUT2D eigenvalue weighted by atomic mass is 35.5. The number of halogens is 1. The lowest BCUT2D eigenvalue weighted by Gasteiger charge is -2.04. The topological polar surface area (TPSA) is 68.0 Å². The smallest absolute Gasteiger partial charge is 0.258 e. The molecule has 0 aliphatic carbocycles. The SMILES string of the molecule is Cc1ccc(C(=O)Nc2ncc(C#CCN)s2)c(Cl)c1. The highest BCUT2D eigenvalue weighted by Crippen LogP contribution is 2.21. The van der Waals surface area contributed by atoms with Gasteiger partial charge < -0.3 is 5.73 Å². The molecule has 0 saturated heterocycles. The summed E-state index contributed by atoms with van der Waals surface area (Å²) in [5.74, 6) is 5.30. The minimum absolute atomic E-state index is 0.289. The molecule has 0 aliphatic rings. The summed E-state index contributed by atoms with van der Waals surface area (Å²) in [7, 11) is 0. The van der Waals surface area contributed by atoms with Crippen LogP contribution in [0.25, 0.3) is 0 Å². The van der Waals surface area contributed by atoms with Gasteiger partial charge in [-0.05, 0) is 24.6 Å². The second-order valence-corrected chi connectivity index (χ2v) is 5.41.